The highest BCUT2D eigenvalue weighted by atomic mass is 16.5. The van der Waals surface area contributed by atoms with E-state index in [0.29, 0.717) is 17.1 Å². The zero-order valence-electron chi connectivity index (χ0n) is 17.1. The molecule has 2 aromatic rings. The lowest BCUT2D eigenvalue weighted by molar-refractivity contribution is -0.131. The molecule has 1 N–H and O–H groups in total. The molecule has 3 rings (SSSR count). The van der Waals surface area contributed by atoms with Crippen LogP contribution >= 0.6 is 0 Å². The fraction of sp³-hybridized carbons (Fsp3) is 0.318. The van der Waals surface area contributed by atoms with E-state index in [1.165, 1.54) is 18.9 Å². The zero-order chi connectivity index (χ0) is 21.3. The van der Waals surface area contributed by atoms with Gasteiger partial charge in [-0.1, -0.05) is 18.2 Å². The number of anilines is 2. The van der Waals surface area contributed by atoms with Gasteiger partial charge < -0.3 is 14.8 Å². The highest BCUT2D eigenvalue weighted by Crippen LogP contribution is 2.37. The third-order valence-corrected chi connectivity index (χ3v) is 5.00. The van der Waals surface area contributed by atoms with Gasteiger partial charge in [0.2, 0.25) is 5.91 Å². The van der Waals surface area contributed by atoms with Crippen LogP contribution in [0.3, 0.4) is 0 Å². The van der Waals surface area contributed by atoms with Gasteiger partial charge in [-0.3, -0.25) is 14.5 Å². The van der Waals surface area contributed by atoms with E-state index in [4.69, 9.17) is 9.47 Å². The number of carbonyl (C=O) groups excluding carboxylic acids is 3. The first-order valence-corrected chi connectivity index (χ1v) is 9.27. The lowest BCUT2D eigenvalue weighted by Crippen LogP contribution is -2.60. The van der Waals surface area contributed by atoms with Crippen LogP contribution in [0.1, 0.15) is 36.7 Å². The van der Waals surface area contributed by atoms with Crippen molar-refractivity contribution in [2.75, 3.05) is 17.3 Å². The third-order valence-electron chi connectivity index (χ3n) is 5.00. The number of fused-ring (bicyclic) bond motifs is 1. The van der Waals surface area contributed by atoms with E-state index >= 15 is 0 Å². The number of ether oxygens (including phenoxy) is 2. The maximum Gasteiger partial charge on any atom is 0.339 e. The second kappa shape index (κ2) is 7.58. The van der Waals surface area contributed by atoms with Crippen LogP contribution in [-0.4, -0.2) is 36.5 Å². The number of esters is 1. The van der Waals surface area contributed by atoms with Gasteiger partial charge in [0.15, 0.2) is 6.10 Å². The molecule has 0 bridgehead atoms. The number of methoxy groups -OCH3 is 1. The van der Waals surface area contributed by atoms with Crippen molar-refractivity contribution in [3.8, 4) is 5.75 Å². The quantitative estimate of drug-likeness (QED) is 0.802. The molecule has 0 spiro atoms. The highest BCUT2D eigenvalue weighted by molar-refractivity contribution is 6.15. The molecule has 1 heterocycles. The van der Waals surface area contributed by atoms with Crippen LogP contribution in [0.15, 0.2) is 42.5 Å². The number of carbonyl (C=O) groups is 3. The molecule has 0 radical (unpaired) electrons. The Morgan fingerprint density at radius 1 is 1.14 bits per heavy atom. The van der Waals surface area contributed by atoms with Gasteiger partial charge in [0, 0.05) is 0 Å². The topological polar surface area (TPSA) is 84.9 Å². The summed E-state index contributed by atoms with van der Waals surface area (Å²) in [6.07, 6.45) is -1.09. The van der Waals surface area contributed by atoms with Crippen molar-refractivity contribution in [1.29, 1.82) is 0 Å². The molecule has 1 atom stereocenters. The molecule has 2 amide bonds. The van der Waals surface area contributed by atoms with Crippen LogP contribution < -0.4 is 15.0 Å². The minimum absolute atomic E-state index is 0.281. The molecule has 29 heavy (non-hydrogen) atoms. The van der Waals surface area contributed by atoms with E-state index in [1.54, 1.807) is 56.3 Å². The molecular formula is C22H24N2O5. The van der Waals surface area contributed by atoms with Crippen LogP contribution in [0.2, 0.25) is 0 Å². The van der Waals surface area contributed by atoms with Gasteiger partial charge in [-0.05, 0) is 57.5 Å². The number of hydrogen-bond acceptors (Lipinski definition) is 5. The average Bonchev–Trinajstić information content (AvgIpc) is 2.68. The van der Waals surface area contributed by atoms with Gasteiger partial charge in [-0.15, -0.1) is 0 Å². The van der Waals surface area contributed by atoms with Crippen LogP contribution in [0.25, 0.3) is 0 Å². The summed E-state index contributed by atoms with van der Waals surface area (Å²) >= 11 is 0. The minimum Gasteiger partial charge on any atom is -0.496 e. The Labute approximate surface area is 169 Å². The predicted octanol–water partition coefficient (Wildman–Crippen LogP) is 3.31. The van der Waals surface area contributed by atoms with Crippen molar-refractivity contribution in [3.63, 3.8) is 0 Å². The number of aryl methyl sites for hydroxylation is 1. The molecule has 0 saturated carbocycles. The maximum atomic E-state index is 13.2. The molecule has 0 aromatic heterocycles. The normalized spacial score (nSPS) is 15.8. The summed E-state index contributed by atoms with van der Waals surface area (Å²) in [5.74, 6) is -0.881. The molecule has 0 aliphatic carbocycles. The fourth-order valence-corrected chi connectivity index (χ4v) is 3.25. The molecule has 152 valence electrons. The van der Waals surface area contributed by atoms with Gasteiger partial charge in [0.25, 0.3) is 5.91 Å². The molecule has 1 aliphatic heterocycles. The summed E-state index contributed by atoms with van der Waals surface area (Å²) in [5.41, 5.74) is 1.11. The van der Waals surface area contributed by atoms with Gasteiger partial charge in [-0.2, -0.15) is 0 Å². The Hall–Kier alpha value is -3.35. The van der Waals surface area contributed by atoms with E-state index in [9.17, 15) is 14.4 Å². The minimum atomic E-state index is -1.14. The van der Waals surface area contributed by atoms with E-state index in [1.807, 2.05) is 6.92 Å². The molecular weight excluding hydrogens is 372 g/mol. The second-order valence-corrected chi connectivity index (χ2v) is 7.44. The Bertz CT molecular complexity index is 983. The lowest BCUT2D eigenvalue weighted by atomic mass is 9.95. The number of para-hydroxylation sites is 2. The van der Waals surface area contributed by atoms with Crippen molar-refractivity contribution in [1.82, 2.24) is 0 Å². The summed E-state index contributed by atoms with van der Waals surface area (Å²) in [6, 6.07) is 12.0. The highest BCUT2D eigenvalue weighted by Gasteiger charge is 2.45. The van der Waals surface area contributed by atoms with Crippen LogP contribution in [0.5, 0.6) is 5.75 Å². The Morgan fingerprint density at radius 2 is 1.83 bits per heavy atom. The van der Waals surface area contributed by atoms with Crippen molar-refractivity contribution in [2.24, 2.45) is 0 Å². The molecule has 0 fully saturated rings. The number of benzene rings is 2. The Balaban J connectivity index is 1.86. The molecule has 0 unspecified atom stereocenters. The van der Waals surface area contributed by atoms with Crippen LogP contribution in [-0.2, 0) is 14.3 Å². The third kappa shape index (κ3) is 3.68. The molecule has 1 aliphatic rings. The lowest BCUT2D eigenvalue weighted by Gasteiger charge is -2.42. The molecule has 7 heteroatoms. The number of hydrogen-bond donors (Lipinski definition) is 1. The van der Waals surface area contributed by atoms with E-state index in [-0.39, 0.29) is 11.5 Å². The van der Waals surface area contributed by atoms with E-state index in [2.05, 4.69) is 5.32 Å². The summed E-state index contributed by atoms with van der Waals surface area (Å²) in [4.78, 5) is 39.7. The standard InChI is InChI=1S/C22H24N2O5/c1-13-10-11-15(12-18(13)28-5)20(26)29-14(2)19(25)24-17-9-7-6-8-16(17)23-21(27)22(24,3)4/h6-12,14H,1-5H3,(H,23,27)/t14-/m0/s1. The first-order valence-electron chi connectivity index (χ1n) is 9.27. The second-order valence-electron chi connectivity index (χ2n) is 7.44. The Morgan fingerprint density at radius 3 is 2.52 bits per heavy atom. The van der Waals surface area contributed by atoms with Gasteiger partial charge in [-0.25, -0.2) is 4.79 Å². The van der Waals surface area contributed by atoms with E-state index in [0.717, 1.165) is 5.56 Å². The van der Waals surface area contributed by atoms with Crippen molar-refractivity contribution < 1.29 is 23.9 Å². The van der Waals surface area contributed by atoms with Crippen molar-refractivity contribution in [2.45, 2.75) is 39.3 Å². The monoisotopic (exact) mass is 396 g/mol. The van der Waals surface area contributed by atoms with Crippen molar-refractivity contribution >= 4 is 29.2 Å². The summed E-state index contributed by atoms with van der Waals surface area (Å²) in [5, 5.41) is 2.80. The van der Waals surface area contributed by atoms with Crippen LogP contribution in [0.4, 0.5) is 11.4 Å². The maximum absolute atomic E-state index is 13.2. The number of amides is 2. The average molecular weight is 396 g/mol. The van der Waals surface area contributed by atoms with Crippen molar-refractivity contribution in [3.05, 3.63) is 53.6 Å². The van der Waals surface area contributed by atoms with Gasteiger partial charge >= 0.3 is 5.97 Å². The zero-order valence-corrected chi connectivity index (χ0v) is 17.1. The van der Waals surface area contributed by atoms with Crippen LogP contribution in [0, 0.1) is 6.92 Å². The largest absolute Gasteiger partial charge is 0.496 e. The number of nitrogens with zero attached hydrogens (tertiary/aromatic N) is 1. The predicted molar refractivity (Wildman–Crippen MR) is 109 cm³/mol. The van der Waals surface area contributed by atoms with Gasteiger partial charge in [0.1, 0.15) is 11.3 Å². The smallest absolute Gasteiger partial charge is 0.339 e. The first-order chi connectivity index (χ1) is 13.7. The van der Waals surface area contributed by atoms with Gasteiger partial charge in [0.05, 0.1) is 24.0 Å². The summed E-state index contributed by atoms with van der Waals surface area (Å²) in [6.45, 7) is 6.66. The molecule has 0 saturated heterocycles. The SMILES string of the molecule is COc1cc(C(=O)O[C@@H](C)C(=O)N2c3ccccc3NC(=O)C2(C)C)ccc1C. The summed E-state index contributed by atoms with van der Waals surface area (Å²) < 4.78 is 10.7. The first kappa shape index (κ1) is 20.4. The Kier molecular flexibility index (Phi) is 5.33. The summed E-state index contributed by atoms with van der Waals surface area (Å²) in [7, 11) is 1.52. The number of rotatable bonds is 4. The van der Waals surface area contributed by atoms with E-state index < -0.39 is 23.5 Å². The molecule has 2 aromatic carbocycles. The molecule has 7 nitrogen and oxygen atoms in total. The number of nitrogens with one attached hydrogen (secondary N) is 1. The fourth-order valence-electron chi connectivity index (χ4n) is 3.25.